The summed E-state index contributed by atoms with van der Waals surface area (Å²) in [4.78, 5) is 28.0. The largest absolute Gasteiger partial charge is 0.513 e. The molecule has 0 aliphatic heterocycles. The van der Waals surface area contributed by atoms with Crippen molar-refractivity contribution in [2.45, 2.75) is 0 Å². The summed E-state index contributed by atoms with van der Waals surface area (Å²) in [7, 11) is 2.68. The first-order valence-corrected chi connectivity index (χ1v) is 8.13. The molecule has 0 spiro atoms. The number of ether oxygens (including phenoxy) is 3. The second-order valence-corrected chi connectivity index (χ2v) is 5.98. The maximum Gasteiger partial charge on any atom is 0.513 e. The smallest absolute Gasteiger partial charge is 0.494 e. The molecule has 26 heavy (non-hydrogen) atoms. The van der Waals surface area contributed by atoms with Crippen LogP contribution in [0.25, 0.3) is 10.2 Å². The van der Waals surface area contributed by atoms with Crippen molar-refractivity contribution in [2.24, 2.45) is 0 Å². The number of aromatic nitrogens is 1. The van der Waals surface area contributed by atoms with Gasteiger partial charge >= 0.3 is 6.16 Å². The van der Waals surface area contributed by atoms with Crippen LogP contribution in [0.1, 0.15) is 10.4 Å². The maximum atomic E-state index is 13.0. The first-order chi connectivity index (χ1) is 12.5. The number of carbonyl (C=O) groups is 2. The first-order valence-electron chi connectivity index (χ1n) is 7.32. The molecule has 0 unspecified atom stereocenters. The molecule has 7 nitrogen and oxygen atoms in total. The zero-order valence-corrected chi connectivity index (χ0v) is 14.6. The summed E-state index contributed by atoms with van der Waals surface area (Å²) in [6, 6.07) is 8.25. The van der Waals surface area contributed by atoms with Crippen LogP contribution in [0.4, 0.5) is 14.3 Å². The van der Waals surface area contributed by atoms with Crippen LogP contribution in [0.3, 0.4) is 0 Å². The van der Waals surface area contributed by atoms with E-state index in [0.29, 0.717) is 16.0 Å². The van der Waals surface area contributed by atoms with Gasteiger partial charge in [-0.25, -0.2) is 14.2 Å². The molecule has 0 saturated heterocycles. The monoisotopic (exact) mass is 376 g/mol. The number of methoxy groups -OCH3 is 2. The third-order valence-corrected chi connectivity index (χ3v) is 4.36. The fraction of sp³-hybridized carbons (Fsp3) is 0.118. The van der Waals surface area contributed by atoms with E-state index in [-0.39, 0.29) is 16.4 Å². The van der Waals surface area contributed by atoms with Gasteiger partial charge in [0.1, 0.15) is 21.8 Å². The minimum atomic E-state index is -0.873. The van der Waals surface area contributed by atoms with Gasteiger partial charge in [0.05, 0.1) is 14.2 Å². The topological polar surface area (TPSA) is 86.8 Å². The van der Waals surface area contributed by atoms with Gasteiger partial charge in [0.2, 0.25) is 0 Å². The summed E-state index contributed by atoms with van der Waals surface area (Å²) in [5, 5.41) is 2.90. The summed E-state index contributed by atoms with van der Waals surface area (Å²) in [5.74, 6) is -0.197. The van der Waals surface area contributed by atoms with Crippen LogP contribution in [0.5, 0.6) is 11.5 Å². The SMILES string of the molecule is COC(=O)Oc1ccc(OC)c2nc(NC(=O)c3ccc(F)cc3)sc12. The molecular formula is C17H13FN2O5S. The fourth-order valence-electron chi connectivity index (χ4n) is 2.16. The van der Waals surface area contributed by atoms with Gasteiger partial charge in [-0.3, -0.25) is 10.1 Å². The molecule has 0 aliphatic carbocycles. The van der Waals surface area contributed by atoms with Crippen LogP contribution in [-0.2, 0) is 4.74 Å². The number of carbonyl (C=O) groups excluding carboxylic acids is 2. The Hall–Kier alpha value is -3.20. The number of nitrogens with zero attached hydrogens (tertiary/aromatic N) is 1. The van der Waals surface area contributed by atoms with Crippen molar-refractivity contribution in [1.82, 2.24) is 4.98 Å². The molecule has 0 atom stereocenters. The van der Waals surface area contributed by atoms with Crippen molar-refractivity contribution in [3.63, 3.8) is 0 Å². The molecule has 2 aromatic carbocycles. The highest BCUT2D eigenvalue weighted by Crippen LogP contribution is 2.39. The second kappa shape index (κ2) is 7.36. The van der Waals surface area contributed by atoms with Crippen LogP contribution in [0.2, 0.25) is 0 Å². The molecule has 0 fully saturated rings. The summed E-state index contributed by atoms with van der Waals surface area (Å²) in [5.41, 5.74) is 0.706. The molecular weight excluding hydrogens is 363 g/mol. The van der Waals surface area contributed by atoms with E-state index in [4.69, 9.17) is 9.47 Å². The molecule has 1 aromatic heterocycles. The second-order valence-electron chi connectivity index (χ2n) is 4.98. The average molecular weight is 376 g/mol. The molecule has 3 rings (SSSR count). The van der Waals surface area contributed by atoms with Gasteiger partial charge in [-0.1, -0.05) is 11.3 Å². The van der Waals surface area contributed by atoms with Gasteiger partial charge in [0.25, 0.3) is 5.91 Å². The van der Waals surface area contributed by atoms with E-state index in [9.17, 15) is 14.0 Å². The van der Waals surface area contributed by atoms with Crippen LogP contribution < -0.4 is 14.8 Å². The van der Waals surface area contributed by atoms with Crippen LogP contribution in [0.15, 0.2) is 36.4 Å². The highest BCUT2D eigenvalue weighted by molar-refractivity contribution is 7.22. The Kier molecular flexibility index (Phi) is 4.99. The maximum absolute atomic E-state index is 13.0. The van der Waals surface area contributed by atoms with Crippen LogP contribution in [0, 0.1) is 5.82 Å². The Bertz CT molecular complexity index is 971. The van der Waals surface area contributed by atoms with E-state index < -0.39 is 17.9 Å². The molecule has 1 heterocycles. The van der Waals surface area contributed by atoms with E-state index in [1.807, 2.05) is 0 Å². The van der Waals surface area contributed by atoms with Gasteiger partial charge < -0.3 is 14.2 Å². The first kappa shape index (κ1) is 17.6. The van der Waals surface area contributed by atoms with Gasteiger partial charge in [-0.15, -0.1) is 0 Å². The van der Waals surface area contributed by atoms with Crippen LogP contribution >= 0.6 is 11.3 Å². The quantitative estimate of drug-likeness (QED) is 0.550. The summed E-state index contributed by atoms with van der Waals surface area (Å²) in [6.45, 7) is 0. The Labute approximate surface area is 151 Å². The molecule has 1 amide bonds. The van der Waals surface area contributed by atoms with Gasteiger partial charge in [-0.05, 0) is 36.4 Å². The van der Waals surface area contributed by atoms with E-state index in [1.165, 1.54) is 38.5 Å². The van der Waals surface area contributed by atoms with Gasteiger partial charge in [0.15, 0.2) is 10.9 Å². The number of halogens is 1. The number of benzene rings is 2. The van der Waals surface area contributed by atoms with Gasteiger partial charge in [0, 0.05) is 5.56 Å². The fourth-order valence-corrected chi connectivity index (χ4v) is 3.09. The van der Waals surface area contributed by atoms with Crippen molar-refractivity contribution in [3.8, 4) is 11.5 Å². The molecule has 1 N–H and O–H groups in total. The lowest BCUT2D eigenvalue weighted by Gasteiger charge is -2.05. The minimum Gasteiger partial charge on any atom is -0.494 e. The number of fused-ring (bicyclic) bond motifs is 1. The lowest BCUT2D eigenvalue weighted by Crippen LogP contribution is -2.11. The predicted octanol–water partition coefficient (Wildman–Crippen LogP) is 3.84. The third-order valence-electron chi connectivity index (χ3n) is 3.38. The third kappa shape index (κ3) is 3.57. The standard InChI is InChI=1S/C17H13FN2O5S/c1-23-11-7-8-12(25-17(22)24-2)14-13(11)19-16(26-14)20-15(21)9-3-5-10(18)6-4-9/h3-8H,1-2H3,(H,19,20,21). The zero-order valence-electron chi connectivity index (χ0n) is 13.7. The zero-order chi connectivity index (χ0) is 18.7. The summed E-state index contributed by atoms with van der Waals surface area (Å²) < 4.78 is 28.3. The van der Waals surface area contributed by atoms with Crippen molar-refractivity contribution in [2.75, 3.05) is 19.5 Å². The van der Waals surface area contributed by atoms with E-state index in [0.717, 1.165) is 11.3 Å². The average Bonchev–Trinajstić information content (AvgIpc) is 3.06. The van der Waals surface area contributed by atoms with E-state index in [2.05, 4.69) is 15.0 Å². The Morgan fingerprint density at radius 3 is 2.42 bits per heavy atom. The minimum absolute atomic E-state index is 0.229. The molecule has 0 aliphatic rings. The number of hydrogen-bond acceptors (Lipinski definition) is 7. The molecule has 9 heteroatoms. The number of nitrogens with one attached hydrogen (secondary N) is 1. The molecule has 134 valence electrons. The Morgan fingerprint density at radius 2 is 1.77 bits per heavy atom. The lowest BCUT2D eigenvalue weighted by atomic mass is 10.2. The lowest BCUT2D eigenvalue weighted by molar-refractivity contribution is 0.102. The number of rotatable bonds is 4. The van der Waals surface area contributed by atoms with Crippen molar-refractivity contribution in [1.29, 1.82) is 0 Å². The molecule has 0 radical (unpaired) electrons. The number of anilines is 1. The molecule has 3 aromatic rings. The number of amides is 1. The van der Waals surface area contributed by atoms with Gasteiger partial charge in [-0.2, -0.15) is 0 Å². The van der Waals surface area contributed by atoms with E-state index in [1.54, 1.807) is 12.1 Å². The summed E-state index contributed by atoms with van der Waals surface area (Å²) >= 11 is 1.10. The van der Waals surface area contributed by atoms with E-state index >= 15 is 0 Å². The predicted molar refractivity (Wildman–Crippen MR) is 93.6 cm³/mol. The highest BCUT2D eigenvalue weighted by atomic mass is 32.1. The Morgan fingerprint density at radius 1 is 1.08 bits per heavy atom. The van der Waals surface area contributed by atoms with Crippen molar-refractivity contribution in [3.05, 3.63) is 47.8 Å². The van der Waals surface area contributed by atoms with Crippen LogP contribution in [-0.4, -0.2) is 31.3 Å². The highest BCUT2D eigenvalue weighted by Gasteiger charge is 2.18. The summed E-state index contributed by atoms with van der Waals surface area (Å²) in [6.07, 6.45) is -0.873. The van der Waals surface area contributed by atoms with Crippen molar-refractivity contribution >= 4 is 38.7 Å². The molecule has 0 saturated carbocycles. The number of thiazole rings is 1. The Balaban J connectivity index is 1.94. The van der Waals surface area contributed by atoms with Crippen molar-refractivity contribution < 1.29 is 28.2 Å². The number of hydrogen-bond donors (Lipinski definition) is 1. The molecule has 0 bridgehead atoms. The normalized spacial score (nSPS) is 10.4.